The molecule has 5 nitrogen and oxygen atoms in total. The van der Waals surface area contributed by atoms with Crippen LogP contribution in [0, 0.1) is 0 Å². The molecule has 21 heavy (non-hydrogen) atoms. The number of fused-ring (bicyclic) bond motifs is 1. The number of rotatable bonds is 5. The number of nitrogens with zero attached hydrogens (tertiary/aromatic N) is 2. The van der Waals surface area contributed by atoms with Crippen LogP contribution >= 0.6 is 11.3 Å². The van der Waals surface area contributed by atoms with Crippen molar-refractivity contribution in [2.45, 2.75) is 33.0 Å². The number of hydrogen-bond acceptors (Lipinski definition) is 4. The number of hydrogen-bond donors (Lipinski definition) is 2. The molecule has 0 aliphatic carbocycles. The standard InChI is InChI=1S/C15H18N4OS/c1-10(2)16-8-11-4-3-6-19(11)9-13-17-12-5-7-21-14(12)15(20)18-13/h3-7,10,16H,8-9H2,1-2H3,(H,17,18,20). The Kier molecular flexibility index (Phi) is 3.90. The highest BCUT2D eigenvalue weighted by atomic mass is 32.1. The molecule has 0 aliphatic heterocycles. The first-order valence-corrected chi connectivity index (χ1v) is 7.85. The molecule has 0 aromatic carbocycles. The van der Waals surface area contributed by atoms with Crippen molar-refractivity contribution in [3.8, 4) is 0 Å². The Hall–Kier alpha value is -1.92. The Bertz CT molecular complexity index is 799. The molecular weight excluding hydrogens is 284 g/mol. The first-order valence-electron chi connectivity index (χ1n) is 6.97. The van der Waals surface area contributed by atoms with Gasteiger partial charge in [0, 0.05) is 24.5 Å². The van der Waals surface area contributed by atoms with Crippen molar-refractivity contribution in [2.75, 3.05) is 0 Å². The summed E-state index contributed by atoms with van der Waals surface area (Å²) in [6.07, 6.45) is 2.01. The van der Waals surface area contributed by atoms with Crippen molar-refractivity contribution in [1.29, 1.82) is 0 Å². The van der Waals surface area contributed by atoms with Gasteiger partial charge in [0.05, 0.1) is 12.1 Å². The molecule has 3 rings (SSSR count). The summed E-state index contributed by atoms with van der Waals surface area (Å²) in [5, 5.41) is 5.29. The summed E-state index contributed by atoms with van der Waals surface area (Å²) < 4.78 is 2.79. The van der Waals surface area contributed by atoms with Gasteiger partial charge in [-0.3, -0.25) is 4.79 Å². The Labute approximate surface area is 126 Å². The summed E-state index contributed by atoms with van der Waals surface area (Å²) >= 11 is 1.42. The van der Waals surface area contributed by atoms with E-state index >= 15 is 0 Å². The first kappa shape index (κ1) is 14.0. The van der Waals surface area contributed by atoms with Gasteiger partial charge >= 0.3 is 0 Å². The third kappa shape index (κ3) is 3.06. The zero-order valence-electron chi connectivity index (χ0n) is 12.1. The van der Waals surface area contributed by atoms with Crippen molar-refractivity contribution < 1.29 is 0 Å². The quantitative estimate of drug-likeness (QED) is 0.760. The minimum absolute atomic E-state index is 0.0565. The molecule has 0 radical (unpaired) electrons. The zero-order valence-corrected chi connectivity index (χ0v) is 12.9. The average Bonchev–Trinajstić information content (AvgIpc) is 3.05. The molecule has 0 amide bonds. The molecule has 0 fully saturated rings. The van der Waals surface area contributed by atoms with Crippen LogP contribution in [0.25, 0.3) is 10.2 Å². The predicted molar refractivity (Wildman–Crippen MR) is 85.8 cm³/mol. The van der Waals surface area contributed by atoms with Gasteiger partial charge in [-0.1, -0.05) is 13.8 Å². The van der Waals surface area contributed by atoms with Crippen LogP contribution in [0.2, 0.25) is 0 Å². The van der Waals surface area contributed by atoms with Crippen LogP contribution in [0.3, 0.4) is 0 Å². The van der Waals surface area contributed by atoms with Crippen molar-refractivity contribution in [1.82, 2.24) is 19.9 Å². The molecule has 0 bridgehead atoms. The lowest BCUT2D eigenvalue weighted by atomic mass is 10.3. The summed E-state index contributed by atoms with van der Waals surface area (Å²) in [7, 11) is 0. The Balaban J connectivity index is 1.85. The van der Waals surface area contributed by atoms with Gasteiger partial charge in [-0.15, -0.1) is 11.3 Å². The van der Waals surface area contributed by atoms with Crippen LogP contribution in [0.15, 0.2) is 34.6 Å². The van der Waals surface area contributed by atoms with Gasteiger partial charge in [0.1, 0.15) is 10.5 Å². The topological polar surface area (TPSA) is 62.7 Å². The van der Waals surface area contributed by atoms with Crippen LogP contribution in [0.4, 0.5) is 0 Å². The normalized spacial score (nSPS) is 11.6. The van der Waals surface area contributed by atoms with Crippen LogP contribution in [-0.4, -0.2) is 20.6 Å². The van der Waals surface area contributed by atoms with Gasteiger partial charge in [-0.25, -0.2) is 4.98 Å². The molecular formula is C15H18N4OS. The molecule has 0 spiro atoms. The fourth-order valence-electron chi connectivity index (χ4n) is 2.23. The molecule has 3 heterocycles. The van der Waals surface area contributed by atoms with Crippen molar-refractivity contribution >= 4 is 21.6 Å². The summed E-state index contributed by atoms with van der Waals surface area (Å²) in [5.74, 6) is 0.688. The minimum atomic E-state index is -0.0565. The molecule has 2 N–H and O–H groups in total. The van der Waals surface area contributed by atoms with Crippen LogP contribution in [0.1, 0.15) is 25.4 Å². The lowest BCUT2D eigenvalue weighted by Gasteiger charge is -2.11. The summed E-state index contributed by atoms with van der Waals surface area (Å²) in [5.41, 5.74) is 1.89. The van der Waals surface area contributed by atoms with E-state index in [-0.39, 0.29) is 5.56 Å². The maximum Gasteiger partial charge on any atom is 0.268 e. The van der Waals surface area contributed by atoms with E-state index in [4.69, 9.17) is 0 Å². The summed E-state index contributed by atoms with van der Waals surface area (Å²) in [6.45, 7) is 5.62. The average molecular weight is 302 g/mol. The van der Waals surface area contributed by atoms with Crippen LogP contribution < -0.4 is 10.9 Å². The Morgan fingerprint density at radius 3 is 3.10 bits per heavy atom. The highest BCUT2D eigenvalue weighted by Crippen LogP contribution is 2.14. The van der Waals surface area contributed by atoms with E-state index in [1.165, 1.54) is 17.0 Å². The lowest BCUT2D eigenvalue weighted by Crippen LogP contribution is -2.24. The number of H-pyrrole nitrogens is 1. The van der Waals surface area contributed by atoms with Crippen LogP contribution in [0.5, 0.6) is 0 Å². The molecule has 0 saturated heterocycles. The van der Waals surface area contributed by atoms with Gasteiger partial charge in [0.15, 0.2) is 0 Å². The van der Waals surface area contributed by atoms with E-state index in [1.807, 2.05) is 23.7 Å². The first-order chi connectivity index (χ1) is 10.1. The number of aromatic amines is 1. The number of nitrogens with one attached hydrogen (secondary N) is 2. The van der Waals surface area contributed by atoms with E-state index in [0.717, 1.165) is 12.1 Å². The third-order valence-corrected chi connectivity index (χ3v) is 4.20. The third-order valence-electron chi connectivity index (χ3n) is 3.30. The van der Waals surface area contributed by atoms with E-state index in [9.17, 15) is 4.79 Å². The second-order valence-electron chi connectivity index (χ2n) is 5.31. The van der Waals surface area contributed by atoms with Gasteiger partial charge in [-0.2, -0.15) is 0 Å². The Morgan fingerprint density at radius 2 is 2.29 bits per heavy atom. The zero-order chi connectivity index (χ0) is 14.8. The fraction of sp³-hybridized carbons (Fsp3) is 0.333. The largest absolute Gasteiger partial charge is 0.343 e. The lowest BCUT2D eigenvalue weighted by molar-refractivity contribution is 0.561. The smallest absolute Gasteiger partial charge is 0.268 e. The second kappa shape index (κ2) is 5.83. The highest BCUT2D eigenvalue weighted by molar-refractivity contribution is 7.17. The number of aromatic nitrogens is 3. The van der Waals surface area contributed by atoms with Crippen LogP contribution in [-0.2, 0) is 13.1 Å². The second-order valence-corrected chi connectivity index (χ2v) is 6.23. The predicted octanol–water partition coefficient (Wildman–Crippen LogP) is 2.33. The van der Waals surface area contributed by atoms with Crippen molar-refractivity contribution in [3.05, 3.63) is 51.6 Å². The fourth-order valence-corrected chi connectivity index (χ4v) is 2.96. The van der Waals surface area contributed by atoms with Gasteiger partial charge in [0.2, 0.25) is 0 Å². The summed E-state index contributed by atoms with van der Waals surface area (Å²) in [4.78, 5) is 19.4. The monoisotopic (exact) mass is 302 g/mol. The minimum Gasteiger partial charge on any atom is -0.343 e. The molecule has 0 atom stereocenters. The molecule has 0 unspecified atom stereocenters. The summed E-state index contributed by atoms with van der Waals surface area (Å²) in [6, 6.07) is 6.42. The van der Waals surface area contributed by atoms with Crippen molar-refractivity contribution in [3.63, 3.8) is 0 Å². The van der Waals surface area contributed by atoms with E-state index in [2.05, 4.69) is 39.8 Å². The van der Waals surface area contributed by atoms with E-state index < -0.39 is 0 Å². The number of thiophene rings is 1. The maximum absolute atomic E-state index is 12.0. The molecule has 110 valence electrons. The molecule has 3 aromatic rings. The molecule has 3 aromatic heterocycles. The van der Waals surface area contributed by atoms with Gasteiger partial charge < -0.3 is 14.9 Å². The maximum atomic E-state index is 12.0. The SMILES string of the molecule is CC(C)NCc1cccn1Cc1nc2ccsc2c(=O)[nH]1. The van der Waals surface area contributed by atoms with E-state index in [0.29, 0.717) is 23.1 Å². The van der Waals surface area contributed by atoms with Gasteiger partial charge in [-0.05, 0) is 23.6 Å². The van der Waals surface area contributed by atoms with Crippen molar-refractivity contribution in [2.24, 2.45) is 0 Å². The molecule has 0 aliphatic rings. The molecule has 0 saturated carbocycles. The highest BCUT2D eigenvalue weighted by Gasteiger charge is 2.07. The Morgan fingerprint density at radius 1 is 1.43 bits per heavy atom. The molecule has 6 heteroatoms. The van der Waals surface area contributed by atoms with Gasteiger partial charge in [0.25, 0.3) is 5.56 Å². The van der Waals surface area contributed by atoms with E-state index in [1.54, 1.807) is 0 Å².